The summed E-state index contributed by atoms with van der Waals surface area (Å²) in [6, 6.07) is 42.8. The highest BCUT2D eigenvalue weighted by Gasteiger charge is 2.21. The molecule has 0 heterocycles. The minimum Gasteiger partial charge on any atom is -0.594 e. The fourth-order valence-corrected chi connectivity index (χ4v) is 6.89. The predicted octanol–water partition coefficient (Wildman–Crippen LogP) is 13.5. The van der Waals surface area contributed by atoms with Crippen LogP contribution in [0.4, 0.5) is 50.3 Å². The van der Waals surface area contributed by atoms with Crippen molar-refractivity contribution in [1.29, 1.82) is 0 Å². The minimum atomic E-state index is -0.880. The number of imide groups is 1. The second kappa shape index (κ2) is 21.1. The van der Waals surface area contributed by atoms with Gasteiger partial charge in [0.25, 0.3) is 5.91 Å². The Labute approximate surface area is 391 Å². The molecule has 0 unspecified atom stereocenters. The van der Waals surface area contributed by atoms with Gasteiger partial charge < -0.3 is 20.7 Å². The third-order valence-electron chi connectivity index (χ3n) is 9.84. The number of amides is 3. The molecule has 17 nitrogen and oxygen atoms in total. The number of urea groups is 1. The Morgan fingerprint density at radius 1 is 0.612 bits per heavy atom. The average Bonchev–Trinajstić information content (AvgIpc) is 3.34. The number of carbonyl (C=O) groups excluding carboxylic acids is 2. The summed E-state index contributed by atoms with van der Waals surface area (Å²) in [5, 5.41) is 64.9. The van der Waals surface area contributed by atoms with Crippen molar-refractivity contribution >= 4 is 102 Å². The van der Waals surface area contributed by atoms with E-state index in [1.807, 2.05) is 30.3 Å². The number of fused-ring (bicyclic) bond motifs is 2. The predicted molar refractivity (Wildman–Crippen MR) is 255 cm³/mol. The van der Waals surface area contributed by atoms with Crippen molar-refractivity contribution in [3.05, 3.63) is 184 Å². The van der Waals surface area contributed by atoms with Crippen LogP contribution < -0.4 is 21.6 Å². The van der Waals surface area contributed by atoms with Crippen LogP contribution in [0.1, 0.15) is 15.9 Å². The maximum atomic E-state index is 13.2. The molecule has 0 fully saturated rings. The first-order valence-corrected chi connectivity index (χ1v) is 20.9. The van der Waals surface area contributed by atoms with E-state index >= 15 is 0 Å². The maximum absolute atomic E-state index is 13.2. The molecule has 0 saturated carbocycles. The molecular formula is C48H36Cl2N10O7. The summed E-state index contributed by atoms with van der Waals surface area (Å²) in [5.41, 5.74) is 8.05. The van der Waals surface area contributed by atoms with Gasteiger partial charge in [-0.25, -0.2) is 4.79 Å². The molecule has 0 aromatic heterocycles. The van der Waals surface area contributed by atoms with E-state index < -0.39 is 17.7 Å². The lowest BCUT2D eigenvalue weighted by atomic mass is 10.0. The van der Waals surface area contributed by atoms with Gasteiger partial charge in [0.1, 0.15) is 29.5 Å². The van der Waals surface area contributed by atoms with E-state index in [2.05, 4.69) is 47.2 Å². The van der Waals surface area contributed by atoms with Crippen molar-refractivity contribution in [3.63, 3.8) is 0 Å². The molecule has 0 aliphatic rings. The number of phenols is 2. The van der Waals surface area contributed by atoms with Crippen molar-refractivity contribution in [2.75, 3.05) is 17.5 Å². The summed E-state index contributed by atoms with van der Waals surface area (Å²) < 4.78 is 0. The topological polar surface area (TPSA) is 229 Å². The molecule has 19 heteroatoms. The van der Waals surface area contributed by atoms with E-state index in [1.165, 1.54) is 18.2 Å². The van der Waals surface area contributed by atoms with Gasteiger partial charge in [-0.15, -0.1) is 10.2 Å². The Balaban J connectivity index is 0.908. The standard InChI is InChI=1S/C48H36Cl2N10O7/c49-39-13-5-7-15-41(39)52-48(64)53-47(63)38-26-30-10-2-4-12-37(30)44(46(38)62)57-54-32-17-19-34(20-18-32)58-60(65)35-23-21-33(22-24-35)55-56-43-36-11-3-1-9-29(36)25-31(45(43)61)27-66-51-28-67-59-42-16-8-6-14-40(42)50/h1-26,51,59,61-62H,27-28H2,(H2,52,53,63,64). The molecule has 0 saturated heterocycles. The van der Waals surface area contributed by atoms with Crippen LogP contribution in [0.2, 0.25) is 10.0 Å². The number of benzene rings is 8. The number of hydroxylamine groups is 1. The second-order valence-corrected chi connectivity index (χ2v) is 15.1. The van der Waals surface area contributed by atoms with Crippen LogP contribution >= 0.6 is 23.2 Å². The Hall–Kier alpha value is -8.32. The number of hydrogen-bond donors (Lipinski definition) is 6. The number of halogens is 2. The molecule has 0 radical (unpaired) electrons. The van der Waals surface area contributed by atoms with Gasteiger partial charge in [-0.2, -0.15) is 15.7 Å². The number of hydrogen-bond acceptors (Lipinski definition) is 14. The van der Waals surface area contributed by atoms with Crippen LogP contribution in [0.25, 0.3) is 21.5 Å². The first-order valence-electron chi connectivity index (χ1n) is 20.2. The molecule has 0 atom stereocenters. The number of rotatable bonds is 15. The summed E-state index contributed by atoms with van der Waals surface area (Å²) in [5.74, 6) is -1.49. The van der Waals surface area contributed by atoms with E-state index in [0.717, 1.165) is 5.39 Å². The lowest BCUT2D eigenvalue weighted by molar-refractivity contribution is -0.435. The van der Waals surface area contributed by atoms with Gasteiger partial charge in [-0.05, 0) is 83.6 Å². The minimum absolute atomic E-state index is 0.000228. The van der Waals surface area contributed by atoms with E-state index in [9.17, 15) is 25.0 Å². The van der Waals surface area contributed by atoms with Crippen molar-refractivity contribution in [2.24, 2.45) is 25.6 Å². The zero-order chi connectivity index (χ0) is 46.7. The van der Waals surface area contributed by atoms with Crippen molar-refractivity contribution in [3.8, 4) is 11.5 Å². The SMILES string of the molecule is O=C(NC(=O)c1cc2ccccc2c(N=Nc2ccc(N=[N+]([O-])c3ccc(N=Nc4c(O)c(CONCONc5ccccc5Cl)cc5ccccc45)cc3)cc2)c1O)Nc1ccccc1Cl. The Morgan fingerprint density at radius 2 is 1.15 bits per heavy atom. The van der Waals surface area contributed by atoms with Gasteiger partial charge in [-0.1, -0.05) is 101 Å². The normalized spacial score (nSPS) is 11.7. The number of azo groups is 3. The summed E-state index contributed by atoms with van der Waals surface area (Å²) in [7, 11) is 0. The smallest absolute Gasteiger partial charge is 0.326 e. The molecule has 67 heavy (non-hydrogen) atoms. The highest BCUT2D eigenvalue weighted by molar-refractivity contribution is 6.34. The molecule has 8 aromatic rings. The van der Waals surface area contributed by atoms with E-state index in [-0.39, 0.29) is 46.7 Å². The molecule has 0 aliphatic heterocycles. The summed E-state index contributed by atoms with van der Waals surface area (Å²) >= 11 is 12.2. The zero-order valence-electron chi connectivity index (χ0n) is 34.8. The van der Waals surface area contributed by atoms with Gasteiger partial charge in [0.05, 0.1) is 45.0 Å². The van der Waals surface area contributed by atoms with Crippen LogP contribution in [0, 0.1) is 5.21 Å². The summed E-state index contributed by atoms with van der Waals surface area (Å²) in [4.78, 5) is 37.1. The van der Waals surface area contributed by atoms with Gasteiger partial charge in [0, 0.05) is 33.6 Å². The molecule has 6 N–H and O–H groups in total. The zero-order valence-corrected chi connectivity index (χ0v) is 36.3. The molecule has 334 valence electrons. The molecule has 0 spiro atoms. The third kappa shape index (κ3) is 11.1. The number of carbonyl (C=O) groups is 2. The lowest BCUT2D eigenvalue weighted by Gasteiger charge is -2.12. The Morgan fingerprint density at radius 3 is 1.79 bits per heavy atom. The molecule has 8 aromatic carbocycles. The molecule has 0 aliphatic carbocycles. The van der Waals surface area contributed by atoms with Crippen molar-refractivity contribution in [1.82, 2.24) is 10.8 Å². The molecular weight excluding hydrogens is 899 g/mol. The molecule has 8 rings (SSSR count). The Bertz CT molecular complexity index is 3210. The largest absolute Gasteiger partial charge is 0.594 e. The van der Waals surface area contributed by atoms with E-state index in [1.54, 1.807) is 109 Å². The fraction of sp³-hybridized carbons (Fsp3) is 0.0417. The lowest BCUT2D eigenvalue weighted by Crippen LogP contribution is -2.34. The first kappa shape index (κ1) is 45.3. The van der Waals surface area contributed by atoms with E-state index in [4.69, 9.17) is 32.9 Å². The van der Waals surface area contributed by atoms with Gasteiger partial charge in [0.15, 0.2) is 5.75 Å². The van der Waals surface area contributed by atoms with Crippen LogP contribution in [-0.4, -0.2) is 33.7 Å². The number of nitrogens with zero attached hydrogens (tertiary/aromatic N) is 6. The van der Waals surface area contributed by atoms with Crippen molar-refractivity contribution in [2.45, 2.75) is 6.61 Å². The summed E-state index contributed by atoms with van der Waals surface area (Å²) in [6.07, 6.45) is 0. The second-order valence-electron chi connectivity index (χ2n) is 14.3. The van der Waals surface area contributed by atoms with Crippen molar-refractivity contribution < 1.29 is 34.3 Å². The van der Waals surface area contributed by atoms with Gasteiger partial charge in [-0.3, -0.25) is 25.3 Å². The van der Waals surface area contributed by atoms with Crippen LogP contribution in [-0.2, 0) is 16.3 Å². The van der Waals surface area contributed by atoms with Crippen LogP contribution in [0.3, 0.4) is 0 Å². The number of aromatic hydroxyl groups is 2. The van der Waals surface area contributed by atoms with Crippen LogP contribution in [0.5, 0.6) is 11.5 Å². The van der Waals surface area contributed by atoms with Gasteiger partial charge in [0.2, 0.25) is 5.69 Å². The van der Waals surface area contributed by atoms with Crippen LogP contribution in [0.15, 0.2) is 183 Å². The summed E-state index contributed by atoms with van der Waals surface area (Å²) in [6.45, 7) is -0.0481. The fourth-order valence-electron chi connectivity index (χ4n) is 6.53. The highest BCUT2D eigenvalue weighted by Crippen LogP contribution is 2.41. The molecule has 3 amide bonds. The number of phenolic OH excluding ortho intramolecular Hbond substituents is 2. The Kier molecular flexibility index (Phi) is 14.3. The highest BCUT2D eigenvalue weighted by atomic mass is 35.5. The number of para-hydroxylation sites is 2. The number of nitrogens with one attached hydrogen (secondary N) is 4. The molecule has 0 bridgehead atoms. The first-order chi connectivity index (χ1) is 32.6. The maximum Gasteiger partial charge on any atom is 0.326 e. The average molecular weight is 936 g/mol. The van der Waals surface area contributed by atoms with E-state index in [0.29, 0.717) is 60.0 Å². The quantitative estimate of drug-likeness (QED) is 0.0188. The number of anilines is 2. The monoisotopic (exact) mass is 934 g/mol. The third-order valence-corrected chi connectivity index (χ3v) is 10.5. The van der Waals surface area contributed by atoms with Gasteiger partial charge >= 0.3 is 6.03 Å².